The summed E-state index contributed by atoms with van der Waals surface area (Å²) in [6, 6.07) is 11.8. The van der Waals surface area contributed by atoms with Crippen LogP contribution in [-0.2, 0) is 14.4 Å². The van der Waals surface area contributed by atoms with Gasteiger partial charge in [0.05, 0.1) is 22.9 Å². The number of hydrogen-bond acceptors (Lipinski definition) is 4. The molecule has 0 saturated carbocycles. The number of anilines is 2. The van der Waals surface area contributed by atoms with Crippen molar-refractivity contribution in [1.29, 1.82) is 0 Å². The van der Waals surface area contributed by atoms with Gasteiger partial charge < -0.3 is 20.3 Å². The largest absolute Gasteiger partial charge is 0.479 e. The topological polar surface area (TPSA) is 87.7 Å². The molecule has 7 nitrogen and oxygen atoms in total. The maximum absolute atomic E-state index is 12.4. The Morgan fingerprint density at radius 2 is 1.90 bits per heavy atom. The SMILES string of the molecule is C[C@H]1Oc2ccccc2N(CCC(=O)NCC(=O)Nc2cc(Cl)ccc2Cl)C1=O. The zero-order chi connectivity index (χ0) is 21.0. The predicted octanol–water partition coefficient (Wildman–Crippen LogP) is 3.25. The van der Waals surface area contributed by atoms with E-state index < -0.39 is 12.0 Å². The molecule has 3 rings (SSSR count). The number of carbonyl (C=O) groups is 3. The van der Waals surface area contributed by atoms with E-state index in [1.807, 2.05) is 6.07 Å². The molecule has 0 aliphatic carbocycles. The Kier molecular flexibility index (Phi) is 6.61. The molecule has 1 atom stereocenters. The highest BCUT2D eigenvalue weighted by molar-refractivity contribution is 6.35. The van der Waals surface area contributed by atoms with Crippen molar-refractivity contribution in [2.75, 3.05) is 23.3 Å². The summed E-state index contributed by atoms with van der Waals surface area (Å²) in [4.78, 5) is 38.1. The van der Waals surface area contributed by atoms with E-state index in [9.17, 15) is 14.4 Å². The number of hydrogen-bond donors (Lipinski definition) is 2. The third-order valence-corrected chi connectivity index (χ3v) is 4.85. The molecule has 0 radical (unpaired) electrons. The molecule has 0 fully saturated rings. The van der Waals surface area contributed by atoms with Crippen LogP contribution >= 0.6 is 23.2 Å². The van der Waals surface area contributed by atoms with Crippen molar-refractivity contribution in [3.63, 3.8) is 0 Å². The molecule has 0 spiro atoms. The van der Waals surface area contributed by atoms with Crippen molar-refractivity contribution in [3.8, 4) is 5.75 Å². The van der Waals surface area contributed by atoms with Crippen LogP contribution in [0.25, 0.3) is 0 Å². The molecule has 152 valence electrons. The molecular formula is C20H19Cl2N3O4. The molecular weight excluding hydrogens is 417 g/mol. The first kappa shape index (κ1) is 21.0. The summed E-state index contributed by atoms with van der Waals surface area (Å²) in [6.45, 7) is 1.61. The van der Waals surface area contributed by atoms with E-state index in [0.717, 1.165) is 0 Å². The van der Waals surface area contributed by atoms with Gasteiger partial charge in [-0.1, -0.05) is 35.3 Å². The monoisotopic (exact) mass is 435 g/mol. The number of carbonyl (C=O) groups excluding carboxylic acids is 3. The Morgan fingerprint density at radius 1 is 1.14 bits per heavy atom. The third kappa shape index (κ3) is 5.19. The van der Waals surface area contributed by atoms with Gasteiger partial charge in [0.2, 0.25) is 11.8 Å². The van der Waals surface area contributed by atoms with E-state index in [-0.39, 0.29) is 31.3 Å². The van der Waals surface area contributed by atoms with Crippen molar-refractivity contribution in [3.05, 3.63) is 52.5 Å². The second-order valence-electron chi connectivity index (χ2n) is 6.42. The Bertz CT molecular complexity index is 951. The fraction of sp³-hybridized carbons (Fsp3) is 0.250. The summed E-state index contributed by atoms with van der Waals surface area (Å²) in [5, 5.41) is 5.89. The zero-order valence-electron chi connectivity index (χ0n) is 15.6. The fourth-order valence-electron chi connectivity index (χ4n) is 2.86. The average molecular weight is 436 g/mol. The number of nitrogens with one attached hydrogen (secondary N) is 2. The van der Waals surface area contributed by atoms with Crippen LogP contribution in [0.15, 0.2) is 42.5 Å². The first-order chi connectivity index (χ1) is 13.8. The number of para-hydroxylation sites is 2. The van der Waals surface area contributed by atoms with Crippen molar-refractivity contribution in [1.82, 2.24) is 5.32 Å². The van der Waals surface area contributed by atoms with Crippen LogP contribution in [0.3, 0.4) is 0 Å². The van der Waals surface area contributed by atoms with E-state index in [1.54, 1.807) is 37.3 Å². The number of benzene rings is 2. The van der Waals surface area contributed by atoms with Crippen molar-refractivity contribution >= 4 is 52.3 Å². The van der Waals surface area contributed by atoms with E-state index in [0.29, 0.717) is 27.2 Å². The Labute approximate surface area is 177 Å². The van der Waals surface area contributed by atoms with Crippen LogP contribution in [0.4, 0.5) is 11.4 Å². The van der Waals surface area contributed by atoms with Gasteiger partial charge in [-0.2, -0.15) is 0 Å². The summed E-state index contributed by atoms with van der Waals surface area (Å²) in [7, 11) is 0. The first-order valence-electron chi connectivity index (χ1n) is 8.94. The zero-order valence-corrected chi connectivity index (χ0v) is 17.1. The predicted molar refractivity (Wildman–Crippen MR) is 112 cm³/mol. The Balaban J connectivity index is 1.52. The lowest BCUT2D eigenvalue weighted by atomic mass is 10.1. The third-order valence-electron chi connectivity index (χ3n) is 4.28. The molecule has 2 aromatic rings. The molecule has 1 aliphatic rings. The molecule has 9 heteroatoms. The lowest BCUT2D eigenvalue weighted by molar-refractivity contribution is -0.126. The van der Waals surface area contributed by atoms with Gasteiger partial charge >= 0.3 is 0 Å². The molecule has 0 saturated heterocycles. The number of rotatable bonds is 6. The molecule has 0 unspecified atom stereocenters. The number of halogens is 2. The number of fused-ring (bicyclic) bond motifs is 1. The summed E-state index contributed by atoms with van der Waals surface area (Å²) in [5.74, 6) is -0.423. The quantitative estimate of drug-likeness (QED) is 0.728. The first-order valence-corrected chi connectivity index (χ1v) is 9.69. The van der Waals surface area contributed by atoms with Crippen LogP contribution < -0.4 is 20.3 Å². The van der Waals surface area contributed by atoms with E-state index in [1.165, 1.54) is 11.0 Å². The highest BCUT2D eigenvalue weighted by atomic mass is 35.5. The number of ether oxygens (including phenoxy) is 1. The van der Waals surface area contributed by atoms with E-state index in [4.69, 9.17) is 27.9 Å². The smallest absolute Gasteiger partial charge is 0.267 e. The number of nitrogens with zero attached hydrogens (tertiary/aromatic N) is 1. The lowest BCUT2D eigenvalue weighted by Crippen LogP contribution is -2.46. The number of amides is 3. The highest BCUT2D eigenvalue weighted by Crippen LogP contribution is 2.33. The average Bonchev–Trinajstić information content (AvgIpc) is 2.69. The van der Waals surface area contributed by atoms with Crippen LogP contribution in [0.5, 0.6) is 5.75 Å². The minimum absolute atomic E-state index is 0.0397. The summed E-state index contributed by atoms with van der Waals surface area (Å²) in [5.41, 5.74) is 0.986. The van der Waals surface area contributed by atoms with Gasteiger partial charge in [0, 0.05) is 18.0 Å². The molecule has 2 aromatic carbocycles. The second kappa shape index (κ2) is 9.15. The van der Waals surface area contributed by atoms with Crippen LogP contribution in [0.1, 0.15) is 13.3 Å². The van der Waals surface area contributed by atoms with E-state index >= 15 is 0 Å². The highest BCUT2D eigenvalue weighted by Gasteiger charge is 2.31. The van der Waals surface area contributed by atoms with Crippen LogP contribution in [0, 0.1) is 0 Å². The second-order valence-corrected chi connectivity index (χ2v) is 7.26. The van der Waals surface area contributed by atoms with Gasteiger partial charge in [-0.15, -0.1) is 0 Å². The molecule has 0 aromatic heterocycles. The standard InChI is InChI=1S/C20H19Cl2N3O4/c1-12-20(28)25(16-4-2-3-5-17(16)29-12)9-8-18(26)23-11-19(27)24-15-10-13(21)6-7-14(15)22/h2-7,10,12H,8-9,11H2,1H3,(H,23,26)(H,24,27)/t12-/m1/s1. The van der Waals surface area contributed by atoms with Crippen molar-refractivity contribution < 1.29 is 19.1 Å². The molecule has 3 amide bonds. The summed E-state index contributed by atoms with van der Waals surface area (Å²) < 4.78 is 5.57. The summed E-state index contributed by atoms with van der Waals surface area (Å²) >= 11 is 11.9. The van der Waals surface area contributed by atoms with Crippen molar-refractivity contribution in [2.45, 2.75) is 19.4 Å². The van der Waals surface area contributed by atoms with Gasteiger partial charge in [0.15, 0.2) is 6.10 Å². The van der Waals surface area contributed by atoms with Crippen molar-refractivity contribution in [2.24, 2.45) is 0 Å². The Morgan fingerprint density at radius 3 is 2.69 bits per heavy atom. The lowest BCUT2D eigenvalue weighted by Gasteiger charge is -2.32. The van der Waals surface area contributed by atoms with Gasteiger partial charge in [-0.05, 0) is 37.3 Å². The van der Waals surface area contributed by atoms with Crippen LogP contribution in [0.2, 0.25) is 10.0 Å². The van der Waals surface area contributed by atoms with Gasteiger partial charge in [-0.3, -0.25) is 14.4 Å². The van der Waals surface area contributed by atoms with Gasteiger partial charge in [-0.25, -0.2) is 0 Å². The minimum atomic E-state index is -0.624. The maximum atomic E-state index is 12.4. The minimum Gasteiger partial charge on any atom is -0.479 e. The van der Waals surface area contributed by atoms with Crippen LogP contribution in [-0.4, -0.2) is 36.9 Å². The fourth-order valence-corrected chi connectivity index (χ4v) is 3.19. The molecule has 1 heterocycles. The summed E-state index contributed by atoms with van der Waals surface area (Å²) in [6.07, 6.45) is -0.584. The van der Waals surface area contributed by atoms with Gasteiger partial charge in [0.25, 0.3) is 5.91 Å². The molecule has 2 N–H and O–H groups in total. The molecule has 1 aliphatic heterocycles. The van der Waals surface area contributed by atoms with Gasteiger partial charge in [0.1, 0.15) is 5.75 Å². The normalized spacial score (nSPS) is 15.3. The Hall–Kier alpha value is -2.77. The maximum Gasteiger partial charge on any atom is 0.267 e. The molecule has 0 bridgehead atoms. The van der Waals surface area contributed by atoms with E-state index in [2.05, 4.69) is 10.6 Å². The molecule has 29 heavy (non-hydrogen) atoms.